The van der Waals surface area contributed by atoms with Crippen LogP contribution < -0.4 is 5.32 Å². The van der Waals surface area contributed by atoms with E-state index in [4.69, 9.17) is 0 Å². The maximum atomic E-state index is 13.5. The quantitative estimate of drug-likeness (QED) is 0.893. The Labute approximate surface area is 122 Å². The van der Waals surface area contributed by atoms with Crippen LogP contribution >= 0.6 is 0 Å². The molecule has 0 aliphatic rings. The molecule has 1 atom stereocenters. The molecule has 0 aromatic heterocycles. The fourth-order valence-electron chi connectivity index (χ4n) is 2.11. The van der Waals surface area contributed by atoms with E-state index in [1.807, 2.05) is 37.3 Å². The van der Waals surface area contributed by atoms with Crippen molar-refractivity contribution >= 4 is 5.91 Å². The van der Waals surface area contributed by atoms with Crippen LogP contribution in [0.3, 0.4) is 0 Å². The molecule has 1 N–H and O–H groups in total. The number of hydrogen-bond acceptors (Lipinski definition) is 1. The number of benzene rings is 2. The van der Waals surface area contributed by atoms with Crippen LogP contribution in [0.25, 0.3) is 0 Å². The minimum atomic E-state index is -0.845. The molecule has 0 bridgehead atoms. The molecule has 2 rings (SSSR count). The first kappa shape index (κ1) is 15.2. The van der Waals surface area contributed by atoms with Gasteiger partial charge in [-0.05, 0) is 37.5 Å². The molecule has 0 aliphatic heterocycles. The molecule has 1 amide bonds. The van der Waals surface area contributed by atoms with E-state index >= 15 is 0 Å². The second kappa shape index (κ2) is 6.97. The summed E-state index contributed by atoms with van der Waals surface area (Å²) in [4.78, 5) is 11.9. The zero-order chi connectivity index (χ0) is 15.2. The Kier molecular flexibility index (Phi) is 5.04. The van der Waals surface area contributed by atoms with Crippen LogP contribution in [-0.4, -0.2) is 11.9 Å². The Balaban J connectivity index is 1.93. The summed E-state index contributed by atoms with van der Waals surface area (Å²) in [6.45, 7) is 1.82. The lowest BCUT2D eigenvalue weighted by Crippen LogP contribution is -2.34. The molecule has 110 valence electrons. The highest BCUT2D eigenvalue weighted by Gasteiger charge is 2.18. The summed E-state index contributed by atoms with van der Waals surface area (Å²) in [6, 6.07) is 13.1. The number of nitrogens with one attached hydrogen (secondary N) is 1. The summed E-state index contributed by atoms with van der Waals surface area (Å²) >= 11 is 0. The molecule has 0 spiro atoms. The summed E-state index contributed by atoms with van der Waals surface area (Å²) in [5, 5.41) is 2.63. The molecule has 0 saturated heterocycles. The van der Waals surface area contributed by atoms with Gasteiger partial charge in [-0.25, -0.2) is 8.78 Å². The largest absolute Gasteiger partial charge is 0.349 e. The summed E-state index contributed by atoms with van der Waals surface area (Å²) < 4.78 is 27.0. The molecule has 0 saturated carbocycles. The monoisotopic (exact) mass is 289 g/mol. The van der Waals surface area contributed by atoms with Gasteiger partial charge in [0.05, 0.1) is 0 Å². The average Bonchev–Trinajstić information content (AvgIpc) is 2.46. The van der Waals surface area contributed by atoms with Gasteiger partial charge in [-0.2, -0.15) is 0 Å². The zero-order valence-corrected chi connectivity index (χ0v) is 11.8. The summed E-state index contributed by atoms with van der Waals surface area (Å²) in [5.74, 6) is -2.41. The van der Waals surface area contributed by atoms with Crippen molar-refractivity contribution in [3.63, 3.8) is 0 Å². The molecular weight excluding hydrogens is 272 g/mol. The number of carbonyl (C=O) groups is 1. The summed E-state index contributed by atoms with van der Waals surface area (Å²) in [7, 11) is 0. The van der Waals surface area contributed by atoms with Crippen LogP contribution in [0, 0.1) is 11.6 Å². The normalized spacial score (nSPS) is 12.0. The van der Waals surface area contributed by atoms with Crippen molar-refractivity contribution in [2.24, 2.45) is 0 Å². The van der Waals surface area contributed by atoms with E-state index in [0.717, 1.165) is 24.1 Å². The minimum absolute atomic E-state index is 0.170. The Morgan fingerprint density at radius 2 is 1.67 bits per heavy atom. The van der Waals surface area contributed by atoms with Crippen molar-refractivity contribution in [2.45, 2.75) is 25.8 Å². The van der Waals surface area contributed by atoms with E-state index in [1.54, 1.807) is 0 Å². The van der Waals surface area contributed by atoms with Gasteiger partial charge < -0.3 is 5.32 Å². The van der Waals surface area contributed by atoms with Crippen LogP contribution in [0.1, 0.15) is 29.3 Å². The van der Waals surface area contributed by atoms with E-state index in [2.05, 4.69) is 5.32 Å². The van der Waals surface area contributed by atoms with Crippen molar-refractivity contribution in [1.29, 1.82) is 0 Å². The van der Waals surface area contributed by atoms with Gasteiger partial charge in [-0.1, -0.05) is 36.4 Å². The first-order valence-corrected chi connectivity index (χ1v) is 6.86. The number of carbonyl (C=O) groups excluding carboxylic acids is 1. The van der Waals surface area contributed by atoms with Gasteiger partial charge in [0, 0.05) is 6.04 Å². The Bertz CT molecular complexity index is 593. The Morgan fingerprint density at radius 3 is 2.29 bits per heavy atom. The second-order valence-corrected chi connectivity index (χ2v) is 5.00. The third kappa shape index (κ3) is 4.12. The minimum Gasteiger partial charge on any atom is -0.349 e. The fourth-order valence-corrected chi connectivity index (χ4v) is 2.11. The fraction of sp³-hybridized carbons (Fsp3) is 0.235. The van der Waals surface area contributed by atoms with Gasteiger partial charge in [-0.15, -0.1) is 0 Å². The molecule has 21 heavy (non-hydrogen) atoms. The number of rotatable bonds is 5. The van der Waals surface area contributed by atoms with E-state index in [1.165, 1.54) is 6.07 Å². The lowest BCUT2D eigenvalue weighted by molar-refractivity contribution is 0.0930. The van der Waals surface area contributed by atoms with E-state index < -0.39 is 23.1 Å². The molecule has 0 heterocycles. The van der Waals surface area contributed by atoms with Gasteiger partial charge in [-0.3, -0.25) is 4.79 Å². The molecule has 0 fully saturated rings. The van der Waals surface area contributed by atoms with Gasteiger partial charge >= 0.3 is 0 Å². The predicted octanol–water partition coefficient (Wildman–Crippen LogP) is 3.72. The van der Waals surface area contributed by atoms with E-state index in [-0.39, 0.29) is 6.04 Å². The van der Waals surface area contributed by atoms with Crippen LogP contribution in [-0.2, 0) is 6.42 Å². The smallest absolute Gasteiger partial charge is 0.257 e. The van der Waals surface area contributed by atoms with Crippen LogP contribution in [0.2, 0.25) is 0 Å². The van der Waals surface area contributed by atoms with Crippen molar-refractivity contribution in [3.8, 4) is 0 Å². The Hall–Kier alpha value is -2.23. The molecule has 1 unspecified atom stereocenters. The molecule has 2 aromatic carbocycles. The maximum Gasteiger partial charge on any atom is 0.257 e. The molecule has 0 aliphatic carbocycles. The third-order valence-corrected chi connectivity index (χ3v) is 3.28. The van der Waals surface area contributed by atoms with Gasteiger partial charge in [0.2, 0.25) is 0 Å². The maximum absolute atomic E-state index is 13.5. The molecular formula is C17H17F2NO. The number of hydrogen-bond donors (Lipinski definition) is 1. The first-order chi connectivity index (χ1) is 10.1. The van der Waals surface area contributed by atoms with Gasteiger partial charge in [0.15, 0.2) is 0 Å². The van der Waals surface area contributed by atoms with Gasteiger partial charge in [0.1, 0.15) is 17.2 Å². The predicted molar refractivity (Wildman–Crippen MR) is 78.0 cm³/mol. The van der Waals surface area contributed by atoms with Crippen molar-refractivity contribution in [1.82, 2.24) is 5.32 Å². The van der Waals surface area contributed by atoms with Gasteiger partial charge in [0.25, 0.3) is 5.91 Å². The van der Waals surface area contributed by atoms with Crippen molar-refractivity contribution < 1.29 is 13.6 Å². The summed E-state index contributed by atoms with van der Waals surface area (Å²) in [6.07, 6.45) is 1.49. The number of aryl methyl sites for hydroxylation is 1. The van der Waals surface area contributed by atoms with Crippen LogP contribution in [0.5, 0.6) is 0 Å². The number of amides is 1. The van der Waals surface area contributed by atoms with E-state index in [0.29, 0.717) is 6.42 Å². The molecule has 4 heteroatoms. The lowest BCUT2D eigenvalue weighted by atomic mass is 10.1. The summed E-state index contributed by atoms with van der Waals surface area (Å²) in [5.41, 5.74) is 0.639. The van der Waals surface area contributed by atoms with Crippen molar-refractivity contribution in [2.75, 3.05) is 0 Å². The van der Waals surface area contributed by atoms with Crippen LogP contribution in [0.15, 0.2) is 48.5 Å². The van der Waals surface area contributed by atoms with Crippen LogP contribution in [0.4, 0.5) is 8.78 Å². The highest BCUT2D eigenvalue weighted by Crippen LogP contribution is 2.12. The number of halogens is 2. The topological polar surface area (TPSA) is 29.1 Å². The second-order valence-electron chi connectivity index (χ2n) is 5.00. The SMILES string of the molecule is CC(CCc1ccccc1)NC(=O)c1c(F)cccc1F. The van der Waals surface area contributed by atoms with E-state index in [9.17, 15) is 13.6 Å². The molecule has 2 aromatic rings. The Morgan fingerprint density at radius 1 is 1.05 bits per heavy atom. The standard InChI is InChI=1S/C17H17F2NO/c1-12(10-11-13-6-3-2-4-7-13)20-17(21)16-14(18)8-5-9-15(16)19/h2-9,12H,10-11H2,1H3,(H,20,21). The third-order valence-electron chi connectivity index (χ3n) is 3.28. The molecule has 2 nitrogen and oxygen atoms in total. The molecule has 0 radical (unpaired) electrons. The first-order valence-electron chi connectivity index (χ1n) is 6.86. The lowest BCUT2D eigenvalue weighted by Gasteiger charge is -2.14. The highest BCUT2D eigenvalue weighted by atomic mass is 19.1. The zero-order valence-electron chi connectivity index (χ0n) is 11.8. The average molecular weight is 289 g/mol. The van der Waals surface area contributed by atoms with Crippen molar-refractivity contribution in [3.05, 3.63) is 71.3 Å². The highest BCUT2D eigenvalue weighted by molar-refractivity contribution is 5.94.